The molecule has 17 heavy (non-hydrogen) atoms. The quantitative estimate of drug-likeness (QED) is 0.766. The minimum absolute atomic E-state index is 0.0161. The third kappa shape index (κ3) is 3.64. The molecule has 94 valence electrons. The highest BCUT2D eigenvalue weighted by Gasteiger charge is 2.27. The number of aromatic nitrogens is 2. The summed E-state index contributed by atoms with van der Waals surface area (Å²) in [7, 11) is 1.50. The van der Waals surface area contributed by atoms with Gasteiger partial charge >= 0.3 is 5.97 Å². The lowest BCUT2D eigenvalue weighted by Gasteiger charge is -2.12. The highest BCUT2D eigenvalue weighted by molar-refractivity contribution is 7.09. The summed E-state index contributed by atoms with van der Waals surface area (Å²) >= 11 is 1.31. The first-order chi connectivity index (χ1) is 8.19. The number of aliphatic carboxylic acids is 1. The van der Waals surface area contributed by atoms with E-state index in [2.05, 4.69) is 14.7 Å². The van der Waals surface area contributed by atoms with Crippen molar-refractivity contribution in [2.75, 3.05) is 19.0 Å². The van der Waals surface area contributed by atoms with Gasteiger partial charge < -0.3 is 15.2 Å². The second-order valence-electron chi connectivity index (χ2n) is 4.07. The van der Waals surface area contributed by atoms with Crippen molar-refractivity contribution in [2.24, 2.45) is 0 Å². The molecular formula is C10H15N3O3S. The summed E-state index contributed by atoms with van der Waals surface area (Å²) in [4.78, 5) is 14.9. The van der Waals surface area contributed by atoms with Gasteiger partial charge in [0.25, 0.3) is 0 Å². The summed E-state index contributed by atoms with van der Waals surface area (Å²) in [6.45, 7) is 0.433. The summed E-state index contributed by atoms with van der Waals surface area (Å²) < 4.78 is 9.32. The second kappa shape index (κ2) is 5.42. The molecule has 0 radical (unpaired) electrons. The van der Waals surface area contributed by atoms with Gasteiger partial charge in [0, 0.05) is 31.1 Å². The van der Waals surface area contributed by atoms with E-state index in [-0.39, 0.29) is 12.5 Å². The number of anilines is 1. The zero-order chi connectivity index (χ0) is 12.3. The fourth-order valence-electron chi connectivity index (χ4n) is 1.45. The fourth-order valence-corrected chi connectivity index (χ4v) is 2.10. The molecule has 2 rings (SSSR count). The first kappa shape index (κ1) is 12.3. The van der Waals surface area contributed by atoms with Gasteiger partial charge in [-0.05, 0) is 12.8 Å². The SMILES string of the molecule is COC(CNc1nc(C2CC2)ns1)CC(=O)O. The van der Waals surface area contributed by atoms with Gasteiger partial charge in [0.15, 0.2) is 0 Å². The maximum Gasteiger partial charge on any atom is 0.306 e. The van der Waals surface area contributed by atoms with Crippen LogP contribution in [-0.4, -0.2) is 40.2 Å². The first-order valence-corrected chi connectivity index (χ1v) is 6.28. The van der Waals surface area contributed by atoms with Crippen molar-refractivity contribution in [3.8, 4) is 0 Å². The van der Waals surface area contributed by atoms with Crippen LogP contribution in [0.15, 0.2) is 0 Å². The first-order valence-electron chi connectivity index (χ1n) is 5.51. The molecule has 0 amide bonds. The number of nitrogens with zero attached hydrogens (tertiary/aromatic N) is 2. The Morgan fingerprint density at radius 1 is 1.71 bits per heavy atom. The number of nitrogens with one attached hydrogen (secondary N) is 1. The lowest BCUT2D eigenvalue weighted by molar-refractivity contribution is -0.139. The van der Waals surface area contributed by atoms with Crippen LogP contribution in [0.25, 0.3) is 0 Å². The molecule has 0 bridgehead atoms. The van der Waals surface area contributed by atoms with Crippen molar-refractivity contribution in [1.82, 2.24) is 9.36 Å². The summed E-state index contributed by atoms with van der Waals surface area (Å²) in [5.41, 5.74) is 0. The highest BCUT2D eigenvalue weighted by atomic mass is 32.1. The van der Waals surface area contributed by atoms with Crippen LogP contribution in [0.5, 0.6) is 0 Å². The number of ether oxygens (including phenoxy) is 1. The third-order valence-electron chi connectivity index (χ3n) is 2.60. The van der Waals surface area contributed by atoms with Crippen molar-refractivity contribution in [3.63, 3.8) is 0 Å². The topological polar surface area (TPSA) is 84.3 Å². The predicted molar refractivity (Wildman–Crippen MR) is 63.4 cm³/mol. The Kier molecular flexibility index (Phi) is 3.90. The molecule has 0 aromatic carbocycles. The van der Waals surface area contributed by atoms with E-state index in [1.54, 1.807) is 0 Å². The Balaban J connectivity index is 1.80. The molecule has 6 nitrogen and oxygen atoms in total. The molecule has 0 spiro atoms. The highest BCUT2D eigenvalue weighted by Crippen LogP contribution is 2.39. The van der Waals surface area contributed by atoms with E-state index in [0.717, 1.165) is 11.0 Å². The van der Waals surface area contributed by atoms with E-state index >= 15 is 0 Å². The van der Waals surface area contributed by atoms with Gasteiger partial charge in [-0.1, -0.05) is 0 Å². The maximum atomic E-state index is 10.5. The Hall–Kier alpha value is -1.21. The summed E-state index contributed by atoms with van der Waals surface area (Å²) in [6, 6.07) is 0. The molecule has 7 heteroatoms. The number of hydrogen-bond donors (Lipinski definition) is 2. The Labute approximate surface area is 103 Å². The van der Waals surface area contributed by atoms with E-state index in [9.17, 15) is 4.79 Å². The van der Waals surface area contributed by atoms with E-state index in [4.69, 9.17) is 9.84 Å². The Morgan fingerprint density at radius 2 is 2.47 bits per heavy atom. The number of carbonyl (C=O) groups is 1. The zero-order valence-corrected chi connectivity index (χ0v) is 10.4. The van der Waals surface area contributed by atoms with E-state index in [1.165, 1.54) is 31.5 Å². The Morgan fingerprint density at radius 3 is 3.06 bits per heavy atom. The summed E-state index contributed by atoms with van der Waals surface area (Å²) in [6.07, 6.45) is 1.99. The van der Waals surface area contributed by atoms with Crippen LogP contribution in [0, 0.1) is 0 Å². The van der Waals surface area contributed by atoms with Gasteiger partial charge in [-0.3, -0.25) is 4.79 Å². The normalized spacial score (nSPS) is 16.8. The smallest absolute Gasteiger partial charge is 0.306 e. The monoisotopic (exact) mass is 257 g/mol. The number of hydrogen-bond acceptors (Lipinski definition) is 6. The van der Waals surface area contributed by atoms with Gasteiger partial charge in [-0.25, -0.2) is 4.98 Å². The lowest BCUT2D eigenvalue weighted by Crippen LogP contribution is -2.24. The van der Waals surface area contributed by atoms with Crippen LogP contribution in [0.1, 0.15) is 31.0 Å². The second-order valence-corrected chi connectivity index (χ2v) is 4.82. The van der Waals surface area contributed by atoms with Gasteiger partial charge in [0.05, 0.1) is 12.5 Å². The van der Waals surface area contributed by atoms with Gasteiger partial charge in [-0.15, -0.1) is 0 Å². The van der Waals surface area contributed by atoms with Crippen LogP contribution in [0.2, 0.25) is 0 Å². The summed E-state index contributed by atoms with van der Waals surface area (Å²) in [5.74, 6) is 0.582. The Bertz CT molecular complexity index is 392. The van der Waals surface area contributed by atoms with Crippen molar-refractivity contribution < 1.29 is 14.6 Å². The van der Waals surface area contributed by atoms with Gasteiger partial charge in [-0.2, -0.15) is 4.37 Å². The third-order valence-corrected chi connectivity index (χ3v) is 3.29. The molecule has 1 unspecified atom stereocenters. The predicted octanol–water partition coefficient (Wildman–Crippen LogP) is 1.32. The van der Waals surface area contributed by atoms with Crippen molar-refractivity contribution in [2.45, 2.75) is 31.3 Å². The van der Waals surface area contributed by atoms with E-state index < -0.39 is 5.97 Å². The van der Waals surface area contributed by atoms with Crippen molar-refractivity contribution in [3.05, 3.63) is 5.82 Å². The zero-order valence-electron chi connectivity index (χ0n) is 9.55. The molecule has 1 fully saturated rings. The van der Waals surface area contributed by atoms with Gasteiger partial charge in [0.2, 0.25) is 5.13 Å². The summed E-state index contributed by atoms with van der Waals surface area (Å²) in [5, 5.41) is 12.5. The molecular weight excluding hydrogens is 242 g/mol. The van der Waals surface area contributed by atoms with E-state index in [1.807, 2.05) is 0 Å². The van der Waals surface area contributed by atoms with Crippen LogP contribution in [-0.2, 0) is 9.53 Å². The molecule has 1 aliphatic rings. The average Bonchev–Trinajstić information content (AvgIpc) is 3.04. The molecule has 1 heterocycles. The molecule has 0 saturated heterocycles. The van der Waals surface area contributed by atoms with Crippen LogP contribution in [0.3, 0.4) is 0 Å². The maximum absolute atomic E-state index is 10.5. The number of carboxylic acids is 1. The number of carboxylic acid groups (broad SMARTS) is 1. The molecule has 1 saturated carbocycles. The van der Waals surface area contributed by atoms with Crippen molar-refractivity contribution in [1.29, 1.82) is 0 Å². The molecule has 2 N–H and O–H groups in total. The molecule has 1 atom stereocenters. The van der Waals surface area contributed by atoms with E-state index in [0.29, 0.717) is 12.5 Å². The van der Waals surface area contributed by atoms with Crippen LogP contribution >= 0.6 is 11.5 Å². The minimum atomic E-state index is -0.866. The van der Waals surface area contributed by atoms with Gasteiger partial charge in [0.1, 0.15) is 5.82 Å². The number of rotatable bonds is 7. The van der Waals surface area contributed by atoms with Crippen LogP contribution in [0.4, 0.5) is 5.13 Å². The van der Waals surface area contributed by atoms with Crippen molar-refractivity contribution >= 4 is 22.6 Å². The molecule has 1 aromatic rings. The largest absolute Gasteiger partial charge is 0.481 e. The average molecular weight is 257 g/mol. The minimum Gasteiger partial charge on any atom is -0.481 e. The lowest BCUT2D eigenvalue weighted by atomic mass is 10.2. The fraction of sp³-hybridized carbons (Fsp3) is 0.700. The molecule has 0 aliphatic heterocycles. The molecule has 1 aliphatic carbocycles. The van der Waals surface area contributed by atoms with Crippen LogP contribution < -0.4 is 5.32 Å². The molecule has 1 aromatic heterocycles. The number of methoxy groups -OCH3 is 1. The standard InChI is InChI=1S/C10H15N3O3S/c1-16-7(4-8(14)15)5-11-10-12-9(13-17-10)6-2-3-6/h6-7H,2-5H2,1H3,(H,14,15)(H,11,12,13).